The summed E-state index contributed by atoms with van der Waals surface area (Å²) in [6.07, 6.45) is 10.3. The lowest BCUT2D eigenvalue weighted by Gasteiger charge is -2.18. The van der Waals surface area contributed by atoms with E-state index in [4.69, 9.17) is 4.98 Å². The SMILES string of the molecule is Brc1c[nH]c2ncc3[nH]c(C4CCCCC4)nc3c12. The predicted molar refractivity (Wildman–Crippen MR) is 79.3 cm³/mol. The Balaban J connectivity index is 1.90. The van der Waals surface area contributed by atoms with Crippen molar-refractivity contribution in [3.8, 4) is 0 Å². The number of halogens is 1. The van der Waals surface area contributed by atoms with Crippen LogP contribution in [0, 0.1) is 0 Å². The average Bonchev–Trinajstić information content (AvgIpc) is 3.03. The summed E-state index contributed by atoms with van der Waals surface area (Å²) in [6, 6.07) is 0. The predicted octanol–water partition coefficient (Wildman–Crippen LogP) is 4.25. The van der Waals surface area contributed by atoms with Gasteiger partial charge in [0.1, 0.15) is 17.0 Å². The molecule has 19 heavy (non-hydrogen) atoms. The van der Waals surface area contributed by atoms with Crippen LogP contribution < -0.4 is 0 Å². The monoisotopic (exact) mass is 318 g/mol. The maximum Gasteiger partial charge on any atom is 0.140 e. The Labute approximate surface area is 119 Å². The number of hydrogen-bond acceptors (Lipinski definition) is 2. The van der Waals surface area contributed by atoms with E-state index in [0.29, 0.717) is 5.92 Å². The number of aromatic nitrogens is 4. The summed E-state index contributed by atoms with van der Waals surface area (Å²) in [4.78, 5) is 15.9. The van der Waals surface area contributed by atoms with Crippen molar-refractivity contribution >= 4 is 38.0 Å². The van der Waals surface area contributed by atoms with E-state index in [2.05, 4.69) is 30.9 Å². The highest BCUT2D eigenvalue weighted by molar-refractivity contribution is 9.10. The van der Waals surface area contributed by atoms with Crippen molar-refractivity contribution in [2.24, 2.45) is 0 Å². The molecule has 5 heteroatoms. The fourth-order valence-electron chi connectivity index (χ4n) is 3.10. The number of aromatic amines is 2. The molecule has 0 spiro atoms. The van der Waals surface area contributed by atoms with Gasteiger partial charge in [-0.1, -0.05) is 19.3 Å². The number of hydrogen-bond donors (Lipinski definition) is 2. The summed E-state index contributed by atoms with van der Waals surface area (Å²) >= 11 is 3.57. The van der Waals surface area contributed by atoms with Gasteiger partial charge in [0.15, 0.2) is 0 Å². The first-order valence-corrected chi connectivity index (χ1v) is 7.63. The second kappa shape index (κ2) is 4.34. The molecular formula is C14H15BrN4. The van der Waals surface area contributed by atoms with Crippen molar-refractivity contribution < 1.29 is 0 Å². The Kier molecular flexibility index (Phi) is 2.62. The highest BCUT2D eigenvalue weighted by atomic mass is 79.9. The zero-order chi connectivity index (χ0) is 12.8. The Morgan fingerprint density at radius 2 is 2.05 bits per heavy atom. The molecule has 0 radical (unpaired) electrons. The van der Waals surface area contributed by atoms with E-state index < -0.39 is 0 Å². The number of rotatable bonds is 1. The first kappa shape index (κ1) is 11.5. The van der Waals surface area contributed by atoms with E-state index >= 15 is 0 Å². The molecule has 2 N–H and O–H groups in total. The molecule has 0 unspecified atom stereocenters. The second-order valence-electron chi connectivity index (χ2n) is 5.34. The molecule has 3 aromatic heterocycles. The highest BCUT2D eigenvalue weighted by Gasteiger charge is 2.20. The minimum atomic E-state index is 0.592. The Morgan fingerprint density at radius 1 is 1.21 bits per heavy atom. The standard InChI is InChI=1S/C14H15BrN4/c15-9-6-16-14-11(9)12-10(7-17-14)18-13(19-12)8-4-2-1-3-5-8/h6-8H,1-5H2,(H,16,17)(H,18,19). The van der Waals surface area contributed by atoms with Crippen LogP contribution in [-0.2, 0) is 0 Å². The lowest BCUT2D eigenvalue weighted by molar-refractivity contribution is 0.431. The summed E-state index contributed by atoms with van der Waals surface area (Å²) in [6.45, 7) is 0. The molecule has 98 valence electrons. The molecule has 1 saturated carbocycles. The van der Waals surface area contributed by atoms with Crippen LogP contribution in [0.1, 0.15) is 43.8 Å². The number of imidazole rings is 1. The molecule has 0 aromatic carbocycles. The quantitative estimate of drug-likeness (QED) is 0.704. The van der Waals surface area contributed by atoms with Crippen LogP contribution in [0.4, 0.5) is 0 Å². The normalized spacial score (nSPS) is 17.5. The van der Waals surface area contributed by atoms with Gasteiger partial charge < -0.3 is 9.97 Å². The number of H-pyrrole nitrogens is 2. The van der Waals surface area contributed by atoms with Crippen LogP contribution in [0.2, 0.25) is 0 Å². The zero-order valence-electron chi connectivity index (χ0n) is 10.5. The third kappa shape index (κ3) is 1.79. The fraction of sp³-hybridized carbons (Fsp3) is 0.429. The Hall–Kier alpha value is -1.36. The van der Waals surface area contributed by atoms with Crippen LogP contribution >= 0.6 is 15.9 Å². The maximum atomic E-state index is 4.85. The van der Waals surface area contributed by atoms with Crippen molar-refractivity contribution in [2.45, 2.75) is 38.0 Å². The summed E-state index contributed by atoms with van der Waals surface area (Å²) < 4.78 is 1.03. The Bertz CT molecular complexity index is 736. The largest absolute Gasteiger partial charge is 0.345 e. The van der Waals surface area contributed by atoms with Gasteiger partial charge in [0.25, 0.3) is 0 Å². The first-order chi connectivity index (χ1) is 9.33. The summed E-state index contributed by atoms with van der Waals surface area (Å²) in [5, 5.41) is 1.08. The van der Waals surface area contributed by atoms with Gasteiger partial charge >= 0.3 is 0 Å². The van der Waals surface area contributed by atoms with Crippen molar-refractivity contribution in [3.05, 3.63) is 22.7 Å². The molecule has 0 atom stereocenters. The van der Waals surface area contributed by atoms with E-state index in [1.54, 1.807) is 0 Å². The van der Waals surface area contributed by atoms with Crippen molar-refractivity contribution in [1.82, 2.24) is 19.9 Å². The topological polar surface area (TPSA) is 57.4 Å². The fourth-order valence-corrected chi connectivity index (χ4v) is 3.59. The molecule has 0 bridgehead atoms. The molecule has 1 aliphatic carbocycles. The molecule has 3 heterocycles. The molecule has 4 rings (SSSR count). The molecular weight excluding hydrogens is 304 g/mol. The highest BCUT2D eigenvalue weighted by Crippen LogP contribution is 2.34. The first-order valence-electron chi connectivity index (χ1n) is 6.84. The molecule has 1 aliphatic rings. The maximum absolute atomic E-state index is 4.85. The van der Waals surface area contributed by atoms with E-state index in [1.165, 1.54) is 32.1 Å². The van der Waals surface area contributed by atoms with E-state index in [-0.39, 0.29) is 0 Å². The number of nitrogens with one attached hydrogen (secondary N) is 2. The van der Waals surface area contributed by atoms with Gasteiger partial charge in [0, 0.05) is 16.6 Å². The van der Waals surface area contributed by atoms with Gasteiger partial charge in [-0.3, -0.25) is 0 Å². The minimum absolute atomic E-state index is 0.592. The smallest absolute Gasteiger partial charge is 0.140 e. The molecule has 1 fully saturated rings. The van der Waals surface area contributed by atoms with Crippen LogP contribution in [0.15, 0.2) is 16.9 Å². The van der Waals surface area contributed by atoms with Crippen LogP contribution in [-0.4, -0.2) is 19.9 Å². The van der Waals surface area contributed by atoms with Crippen LogP contribution in [0.25, 0.3) is 22.1 Å². The van der Waals surface area contributed by atoms with Gasteiger partial charge in [0.05, 0.1) is 17.1 Å². The van der Waals surface area contributed by atoms with Crippen molar-refractivity contribution in [2.75, 3.05) is 0 Å². The zero-order valence-corrected chi connectivity index (χ0v) is 12.1. The Morgan fingerprint density at radius 3 is 2.89 bits per heavy atom. The lowest BCUT2D eigenvalue weighted by Crippen LogP contribution is -2.05. The number of pyridine rings is 1. The molecule has 0 amide bonds. The van der Waals surface area contributed by atoms with Crippen LogP contribution in [0.3, 0.4) is 0 Å². The average molecular weight is 319 g/mol. The lowest BCUT2D eigenvalue weighted by atomic mass is 9.89. The van der Waals surface area contributed by atoms with Crippen LogP contribution in [0.5, 0.6) is 0 Å². The molecule has 0 aliphatic heterocycles. The minimum Gasteiger partial charge on any atom is -0.345 e. The second-order valence-corrected chi connectivity index (χ2v) is 6.19. The van der Waals surface area contributed by atoms with E-state index in [9.17, 15) is 0 Å². The third-order valence-electron chi connectivity index (χ3n) is 4.11. The number of nitrogens with zero attached hydrogens (tertiary/aromatic N) is 2. The van der Waals surface area contributed by atoms with Crippen molar-refractivity contribution in [3.63, 3.8) is 0 Å². The van der Waals surface area contributed by atoms with Gasteiger partial charge in [-0.15, -0.1) is 0 Å². The van der Waals surface area contributed by atoms with Gasteiger partial charge in [-0.2, -0.15) is 0 Å². The van der Waals surface area contributed by atoms with E-state index in [1.807, 2.05) is 12.4 Å². The van der Waals surface area contributed by atoms with E-state index in [0.717, 1.165) is 32.4 Å². The number of fused-ring (bicyclic) bond motifs is 3. The summed E-state index contributed by atoms with van der Waals surface area (Å²) in [5.74, 6) is 1.73. The summed E-state index contributed by atoms with van der Waals surface area (Å²) in [7, 11) is 0. The third-order valence-corrected chi connectivity index (χ3v) is 4.74. The molecule has 3 aromatic rings. The van der Waals surface area contributed by atoms with Gasteiger partial charge in [0.2, 0.25) is 0 Å². The molecule has 4 nitrogen and oxygen atoms in total. The van der Waals surface area contributed by atoms with Gasteiger partial charge in [-0.05, 0) is 28.8 Å². The molecule has 0 saturated heterocycles. The van der Waals surface area contributed by atoms with Crippen molar-refractivity contribution in [1.29, 1.82) is 0 Å². The summed E-state index contributed by atoms with van der Waals surface area (Å²) in [5.41, 5.74) is 2.95. The van der Waals surface area contributed by atoms with Gasteiger partial charge in [-0.25, -0.2) is 9.97 Å².